The fourth-order valence-electron chi connectivity index (χ4n) is 9.12. The molecule has 2 fully saturated rings. The minimum Gasteiger partial charge on any atom is -0.394 e. The lowest BCUT2D eigenvalue weighted by Gasteiger charge is -2.46. The number of allylic oxidation sites excluding steroid dienone is 7. The van der Waals surface area contributed by atoms with Crippen LogP contribution in [0.2, 0.25) is 0 Å². The summed E-state index contributed by atoms with van der Waals surface area (Å²) < 4.78 is 22.7. The van der Waals surface area contributed by atoms with Crippen LogP contribution in [0, 0.1) is 0 Å². The summed E-state index contributed by atoms with van der Waals surface area (Å²) in [5, 5.41) is 87.0. The zero-order valence-electron chi connectivity index (χ0n) is 44.2. The van der Waals surface area contributed by atoms with E-state index in [9.17, 15) is 45.6 Å². The molecule has 2 aliphatic rings. The minimum atomic E-state index is -1.79. The standard InChI is InChI=1S/C57H103NO13/c1-3-5-7-9-11-13-15-17-19-21-23-25-27-29-31-33-35-37-39-41-49(62)58-45(46(61)40-38-36-34-32-30-28-26-24-22-20-18-16-14-12-10-8-6-4-2)44-68-56-54(67)52(65)55(48(43-60)70-56)71-57-53(66)51(64)50(63)47(42-59)69-57/h11,13,17,19,23,25,38,40,45-48,50-57,59-61,63-67H,3-10,12,14-16,18,20-22,24,26-37,39,41-44H2,1-2H3,(H,58,62)/b13-11-,19-17-,25-23-,40-38+. The van der Waals surface area contributed by atoms with Crippen LogP contribution in [-0.2, 0) is 23.7 Å². The predicted octanol–water partition coefficient (Wildman–Crippen LogP) is 8.83. The van der Waals surface area contributed by atoms with Gasteiger partial charge < -0.3 is 65.1 Å². The van der Waals surface area contributed by atoms with Gasteiger partial charge in [0, 0.05) is 6.42 Å². The van der Waals surface area contributed by atoms with Gasteiger partial charge in [0.25, 0.3) is 0 Å². The van der Waals surface area contributed by atoms with Gasteiger partial charge in [-0.1, -0.05) is 197 Å². The van der Waals surface area contributed by atoms with Gasteiger partial charge >= 0.3 is 0 Å². The summed E-state index contributed by atoms with van der Waals surface area (Å²) in [6.45, 7) is 2.76. The van der Waals surface area contributed by atoms with E-state index in [1.807, 2.05) is 6.08 Å². The highest BCUT2D eigenvalue weighted by atomic mass is 16.7. The smallest absolute Gasteiger partial charge is 0.220 e. The van der Waals surface area contributed by atoms with E-state index in [2.05, 4.69) is 55.6 Å². The van der Waals surface area contributed by atoms with Gasteiger partial charge in [-0.15, -0.1) is 0 Å². The molecule has 9 N–H and O–H groups in total. The lowest BCUT2D eigenvalue weighted by atomic mass is 9.97. The molecular weight excluding hydrogens is 907 g/mol. The highest BCUT2D eigenvalue weighted by Gasteiger charge is 2.51. The summed E-state index contributed by atoms with van der Waals surface area (Å²) in [4.78, 5) is 13.2. The second kappa shape index (κ2) is 43.2. The minimum absolute atomic E-state index is 0.252. The topological polar surface area (TPSA) is 228 Å². The fraction of sp³-hybridized carbons (Fsp3) is 0.842. The lowest BCUT2D eigenvalue weighted by molar-refractivity contribution is -0.359. The summed E-state index contributed by atoms with van der Waals surface area (Å²) in [5.74, 6) is -0.252. The van der Waals surface area contributed by atoms with Crippen molar-refractivity contribution in [2.24, 2.45) is 0 Å². The number of nitrogens with one attached hydrogen (secondary N) is 1. The lowest BCUT2D eigenvalue weighted by Crippen LogP contribution is -2.65. The van der Waals surface area contributed by atoms with Crippen LogP contribution < -0.4 is 5.32 Å². The number of carbonyl (C=O) groups excluding carboxylic acids is 1. The number of aliphatic hydroxyl groups excluding tert-OH is 8. The number of carbonyl (C=O) groups is 1. The van der Waals surface area contributed by atoms with Crippen LogP contribution in [0.5, 0.6) is 0 Å². The van der Waals surface area contributed by atoms with E-state index in [4.69, 9.17) is 18.9 Å². The second-order valence-electron chi connectivity index (χ2n) is 20.1. The molecule has 2 rings (SSSR count). The van der Waals surface area contributed by atoms with Gasteiger partial charge in [0.1, 0.15) is 48.8 Å². The highest BCUT2D eigenvalue weighted by Crippen LogP contribution is 2.30. The van der Waals surface area contributed by atoms with E-state index in [1.165, 1.54) is 116 Å². The number of rotatable bonds is 44. The third-order valence-corrected chi connectivity index (χ3v) is 13.8. The van der Waals surface area contributed by atoms with Crippen LogP contribution in [0.15, 0.2) is 48.6 Å². The molecule has 0 aromatic heterocycles. The average molecular weight is 1010 g/mol. The monoisotopic (exact) mass is 1010 g/mol. The van der Waals surface area contributed by atoms with Crippen molar-refractivity contribution in [3.05, 3.63) is 48.6 Å². The molecule has 1 amide bonds. The molecule has 12 atom stereocenters. The van der Waals surface area contributed by atoms with Gasteiger partial charge in [-0.2, -0.15) is 0 Å². The summed E-state index contributed by atoms with van der Waals surface area (Å²) >= 11 is 0. The Bertz CT molecular complexity index is 1380. The molecule has 0 saturated carbocycles. The Kier molecular flexibility index (Phi) is 39.6. The summed E-state index contributed by atoms with van der Waals surface area (Å²) in [6, 6.07) is -0.922. The molecule has 71 heavy (non-hydrogen) atoms. The van der Waals surface area contributed by atoms with Gasteiger partial charge in [0.15, 0.2) is 12.6 Å². The number of ether oxygens (including phenoxy) is 4. The predicted molar refractivity (Wildman–Crippen MR) is 281 cm³/mol. The number of hydrogen-bond donors (Lipinski definition) is 9. The highest BCUT2D eigenvalue weighted by molar-refractivity contribution is 5.76. The Morgan fingerprint density at radius 2 is 0.930 bits per heavy atom. The molecule has 12 unspecified atom stereocenters. The van der Waals surface area contributed by atoms with Crippen LogP contribution in [0.25, 0.3) is 0 Å². The van der Waals surface area contributed by atoms with Crippen molar-refractivity contribution < 1.29 is 64.6 Å². The molecule has 14 heteroatoms. The van der Waals surface area contributed by atoms with E-state index in [0.717, 1.165) is 70.6 Å². The first-order chi connectivity index (χ1) is 34.6. The van der Waals surface area contributed by atoms with Crippen molar-refractivity contribution in [3.8, 4) is 0 Å². The maximum Gasteiger partial charge on any atom is 0.220 e. The molecule has 0 aliphatic carbocycles. The Labute approximate surface area is 429 Å². The normalized spacial score (nSPS) is 26.1. The van der Waals surface area contributed by atoms with Gasteiger partial charge in [0.05, 0.1) is 32.0 Å². The molecule has 0 bridgehead atoms. The van der Waals surface area contributed by atoms with Crippen molar-refractivity contribution in [2.75, 3.05) is 19.8 Å². The van der Waals surface area contributed by atoms with E-state index < -0.39 is 86.8 Å². The molecule has 0 spiro atoms. The van der Waals surface area contributed by atoms with E-state index in [1.54, 1.807) is 6.08 Å². The van der Waals surface area contributed by atoms with Crippen molar-refractivity contribution >= 4 is 5.91 Å². The van der Waals surface area contributed by atoms with Crippen LogP contribution in [0.1, 0.15) is 213 Å². The molecule has 0 aromatic rings. The third-order valence-electron chi connectivity index (χ3n) is 13.8. The van der Waals surface area contributed by atoms with Crippen LogP contribution in [0.4, 0.5) is 0 Å². The summed E-state index contributed by atoms with van der Waals surface area (Å²) in [5.41, 5.74) is 0. The molecule has 2 aliphatic heterocycles. The fourth-order valence-corrected chi connectivity index (χ4v) is 9.12. The van der Waals surface area contributed by atoms with Crippen LogP contribution in [-0.4, -0.2) is 140 Å². The largest absolute Gasteiger partial charge is 0.394 e. The van der Waals surface area contributed by atoms with Crippen LogP contribution >= 0.6 is 0 Å². The first-order valence-corrected chi connectivity index (χ1v) is 28.4. The Balaban J connectivity index is 1.81. The van der Waals surface area contributed by atoms with Crippen LogP contribution in [0.3, 0.4) is 0 Å². The molecule has 0 aromatic carbocycles. The van der Waals surface area contributed by atoms with Gasteiger partial charge in [-0.3, -0.25) is 4.79 Å². The number of amides is 1. The summed E-state index contributed by atoms with van der Waals surface area (Å²) in [6.07, 6.45) is 35.6. The molecular formula is C57H103NO13. The average Bonchev–Trinajstić information content (AvgIpc) is 3.37. The molecule has 414 valence electrons. The Morgan fingerprint density at radius 1 is 0.507 bits per heavy atom. The maximum absolute atomic E-state index is 13.2. The first kappa shape index (κ1) is 65.1. The first-order valence-electron chi connectivity index (χ1n) is 28.4. The number of unbranched alkanes of at least 4 members (excludes halogenated alkanes) is 25. The zero-order chi connectivity index (χ0) is 51.7. The van der Waals surface area contributed by atoms with E-state index >= 15 is 0 Å². The van der Waals surface area contributed by atoms with E-state index in [-0.39, 0.29) is 18.9 Å². The third kappa shape index (κ3) is 29.6. The molecule has 14 nitrogen and oxygen atoms in total. The van der Waals surface area contributed by atoms with E-state index in [0.29, 0.717) is 6.42 Å². The van der Waals surface area contributed by atoms with Crippen molar-refractivity contribution in [1.82, 2.24) is 5.32 Å². The van der Waals surface area contributed by atoms with Gasteiger partial charge in [-0.05, 0) is 57.8 Å². The van der Waals surface area contributed by atoms with Gasteiger partial charge in [0.2, 0.25) is 5.91 Å². The quantitative estimate of drug-likeness (QED) is 0.0206. The van der Waals surface area contributed by atoms with Gasteiger partial charge in [-0.25, -0.2) is 0 Å². The SMILES string of the molecule is CCCCC/C=C\C/C=C\C/C=C\CCCCCCCCC(=O)NC(COC1OC(CO)C(OC2OC(CO)C(O)C(O)C2O)C(O)C1O)C(O)/C=C/CCCCCCCCCCCCCCCCCC. The molecule has 2 heterocycles. The van der Waals surface area contributed by atoms with Crippen molar-refractivity contribution in [1.29, 1.82) is 0 Å². The molecule has 2 saturated heterocycles. The Hall–Kier alpha value is -2.05. The molecule has 0 radical (unpaired) electrons. The second-order valence-corrected chi connectivity index (χ2v) is 20.1. The Morgan fingerprint density at radius 3 is 1.45 bits per heavy atom. The summed E-state index contributed by atoms with van der Waals surface area (Å²) in [7, 11) is 0. The number of hydrogen-bond acceptors (Lipinski definition) is 13. The van der Waals surface area contributed by atoms with Crippen molar-refractivity contribution in [3.63, 3.8) is 0 Å². The maximum atomic E-state index is 13.2. The number of aliphatic hydroxyl groups is 8. The van der Waals surface area contributed by atoms with Crippen molar-refractivity contribution in [2.45, 2.75) is 286 Å². The zero-order valence-corrected chi connectivity index (χ0v) is 44.2.